The van der Waals surface area contributed by atoms with Crippen LogP contribution in [0.2, 0.25) is 0 Å². The lowest BCUT2D eigenvalue weighted by molar-refractivity contribution is 0.147. The highest BCUT2D eigenvalue weighted by Crippen LogP contribution is 2.36. The summed E-state index contributed by atoms with van der Waals surface area (Å²) < 4.78 is 16.2. The van der Waals surface area contributed by atoms with Crippen LogP contribution in [0.5, 0.6) is 17.2 Å². The highest BCUT2D eigenvalue weighted by molar-refractivity contribution is 5.71. The Bertz CT molecular complexity index is 714. The van der Waals surface area contributed by atoms with E-state index in [-0.39, 0.29) is 12.9 Å². The molecule has 2 aliphatic rings. The van der Waals surface area contributed by atoms with E-state index in [1.165, 1.54) is 5.56 Å². The van der Waals surface area contributed by atoms with Crippen molar-refractivity contribution in [3.05, 3.63) is 53.6 Å². The van der Waals surface area contributed by atoms with Crippen molar-refractivity contribution in [1.29, 1.82) is 0 Å². The van der Waals surface area contributed by atoms with Gasteiger partial charge in [-0.2, -0.15) is 0 Å². The molecule has 112 valence electrons. The number of carbonyl (C=O) groups is 1. The number of rotatable bonds is 1. The van der Waals surface area contributed by atoms with Crippen LogP contribution in [0, 0.1) is 0 Å². The normalized spacial score (nSPS) is 15.4. The smallest absolute Gasteiger partial charge is 0.415 e. The molecule has 0 N–H and O–H groups in total. The molecule has 0 atom stereocenters. The molecular weight excluding hydrogens is 282 g/mol. The molecular formula is C17H15NO4. The van der Waals surface area contributed by atoms with E-state index in [4.69, 9.17) is 14.2 Å². The summed E-state index contributed by atoms with van der Waals surface area (Å²) in [5, 5.41) is 0. The fraction of sp³-hybridized carbons (Fsp3) is 0.235. The van der Waals surface area contributed by atoms with Crippen molar-refractivity contribution in [2.24, 2.45) is 0 Å². The SMILES string of the molecule is O=C(Oc1ccccc1)N1CCc2cc3c(cc2C1)OCO3. The van der Waals surface area contributed by atoms with Crippen molar-refractivity contribution in [1.82, 2.24) is 4.90 Å². The van der Waals surface area contributed by atoms with Gasteiger partial charge < -0.3 is 19.1 Å². The third kappa shape index (κ3) is 2.35. The van der Waals surface area contributed by atoms with Crippen molar-refractivity contribution in [3.63, 3.8) is 0 Å². The topological polar surface area (TPSA) is 48.0 Å². The van der Waals surface area contributed by atoms with Gasteiger partial charge >= 0.3 is 6.09 Å². The molecule has 22 heavy (non-hydrogen) atoms. The lowest BCUT2D eigenvalue weighted by Crippen LogP contribution is -2.37. The van der Waals surface area contributed by atoms with Crippen molar-refractivity contribution in [3.8, 4) is 17.2 Å². The van der Waals surface area contributed by atoms with Gasteiger partial charge in [0.1, 0.15) is 5.75 Å². The van der Waals surface area contributed by atoms with Gasteiger partial charge in [0, 0.05) is 13.1 Å². The summed E-state index contributed by atoms with van der Waals surface area (Å²) in [6.45, 7) is 1.42. The van der Waals surface area contributed by atoms with E-state index in [2.05, 4.69) is 0 Å². The fourth-order valence-electron chi connectivity index (χ4n) is 2.76. The van der Waals surface area contributed by atoms with Gasteiger partial charge in [-0.3, -0.25) is 0 Å². The van der Waals surface area contributed by atoms with E-state index in [1.54, 1.807) is 17.0 Å². The average Bonchev–Trinajstić information content (AvgIpc) is 3.00. The molecule has 2 heterocycles. The fourth-order valence-corrected chi connectivity index (χ4v) is 2.76. The lowest BCUT2D eigenvalue weighted by Gasteiger charge is -2.28. The maximum Gasteiger partial charge on any atom is 0.415 e. The number of benzene rings is 2. The summed E-state index contributed by atoms with van der Waals surface area (Å²) in [7, 11) is 0. The number of ether oxygens (including phenoxy) is 3. The molecule has 5 nitrogen and oxygen atoms in total. The minimum atomic E-state index is -0.325. The number of fused-ring (bicyclic) bond motifs is 2. The molecule has 0 spiro atoms. The minimum absolute atomic E-state index is 0.262. The average molecular weight is 297 g/mol. The standard InChI is InChI=1S/C17H15NO4/c19-17(22-14-4-2-1-3-5-14)18-7-6-12-8-15-16(21-11-20-15)9-13(12)10-18/h1-5,8-9H,6-7,10-11H2. The minimum Gasteiger partial charge on any atom is -0.454 e. The van der Waals surface area contributed by atoms with Gasteiger partial charge in [0.05, 0.1) is 0 Å². The number of nitrogens with zero attached hydrogens (tertiary/aromatic N) is 1. The Kier molecular flexibility index (Phi) is 3.11. The van der Waals surface area contributed by atoms with Gasteiger partial charge in [-0.05, 0) is 41.8 Å². The second kappa shape index (κ2) is 5.26. The summed E-state index contributed by atoms with van der Waals surface area (Å²) in [5.74, 6) is 2.10. The maximum atomic E-state index is 12.3. The molecule has 0 saturated carbocycles. The summed E-state index contributed by atoms with van der Waals surface area (Å²) in [6.07, 6.45) is 0.463. The largest absolute Gasteiger partial charge is 0.454 e. The monoisotopic (exact) mass is 297 g/mol. The molecule has 0 unspecified atom stereocenters. The molecule has 0 bridgehead atoms. The maximum absolute atomic E-state index is 12.3. The highest BCUT2D eigenvalue weighted by atomic mass is 16.7. The molecule has 1 amide bonds. The van der Waals surface area contributed by atoms with Crippen LogP contribution in [-0.2, 0) is 13.0 Å². The molecule has 0 aromatic heterocycles. The van der Waals surface area contributed by atoms with E-state index in [0.717, 1.165) is 23.5 Å². The van der Waals surface area contributed by atoms with Crippen LogP contribution in [-0.4, -0.2) is 24.3 Å². The molecule has 4 rings (SSSR count). The zero-order valence-corrected chi connectivity index (χ0v) is 12.0. The zero-order chi connectivity index (χ0) is 14.9. The van der Waals surface area contributed by atoms with Gasteiger partial charge in [-0.15, -0.1) is 0 Å². The Morgan fingerprint density at radius 1 is 1.05 bits per heavy atom. The molecule has 2 aromatic rings. The molecule has 0 saturated heterocycles. The van der Waals surface area contributed by atoms with E-state index < -0.39 is 0 Å². The first-order valence-corrected chi connectivity index (χ1v) is 7.23. The summed E-state index contributed by atoms with van der Waals surface area (Å²) in [4.78, 5) is 14.0. The van der Waals surface area contributed by atoms with Gasteiger partial charge in [-0.1, -0.05) is 18.2 Å². The molecule has 2 aromatic carbocycles. The van der Waals surface area contributed by atoms with Crippen LogP contribution in [0.15, 0.2) is 42.5 Å². The summed E-state index contributed by atoms with van der Waals surface area (Å²) in [6, 6.07) is 13.1. The molecule has 0 aliphatic carbocycles. The van der Waals surface area contributed by atoms with Crippen LogP contribution < -0.4 is 14.2 Å². The number of para-hydroxylation sites is 1. The van der Waals surface area contributed by atoms with E-state index in [1.807, 2.05) is 30.3 Å². The Morgan fingerprint density at radius 3 is 2.55 bits per heavy atom. The predicted octanol–water partition coefficient (Wildman–Crippen LogP) is 2.97. The molecule has 0 radical (unpaired) electrons. The Hall–Kier alpha value is -2.69. The van der Waals surface area contributed by atoms with Crippen LogP contribution in [0.3, 0.4) is 0 Å². The third-order valence-electron chi connectivity index (χ3n) is 3.91. The first-order valence-electron chi connectivity index (χ1n) is 7.23. The Labute approximate surface area is 128 Å². The van der Waals surface area contributed by atoms with Crippen molar-refractivity contribution >= 4 is 6.09 Å². The first kappa shape index (κ1) is 13.0. The van der Waals surface area contributed by atoms with Crippen molar-refractivity contribution in [2.45, 2.75) is 13.0 Å². The van der Waals surface area contributed by atoms with Crippen LogP contribution >= 0.6 is 0 Å². The van der Waals surface area contributed by atoms with E-state index in [9.17, 15) is 4.79 Å². The molecule has 0 fully saturated rings. The van der Waals surface area contributed by atoms with Gasteiger partial charge in [0.2, 0.25) is 6.79 Å². The number of carbonyl (C=O) groups excluding carboxylic acids is 1. The summed E-state index contributed by atoms with van der Waals surface area (Å²) >= 11 is 0. The van der Waals surface area contributed by atoms with Crippen molar-refractivity contribution < 1.29 is 19.0 Å². The first-order chi connectivity index (χ1) is 10.8. The van der Waals surface area contributed by atoms with Gasteiger partial charge in [0.25, 0.3) is 0 Å². The molecule has 5 heteroatoms. The second-order valence-electron chi connectivity index (χ2n) is 5.33. The second-order valence-corrected chi connectivity index (χ2v) is 5.33. The zero-order valence-electron chi connectivity index (χ0n) is 12.0. The van der Waals surface area contributed by atoms with Crippen LogP contribution in [0.25, 0.3) is 0 Å². The Morgan fingerprint density at radius 2 is 1.77 bits per heavy atom. The van der Waals surface area contributed by atoms with E-state index in [0.29, 0.717) is 18.8 Å². The van der Waals surface area contributed by atoms with Crippen LogP contribution in [0.1, 0.15) is 11.1 Å². The van der Waals surface area contributed by atoms with Gasteiger partial charge in [0.15, 0.2) is 11.5 Å². The summed E-state index contributed by atoms with van der Waals surface area (Å²) in [5.41, 5.74) is 2.29. The van der Waals surface area contributed by atoms with Gasteiger partial charge in [-0.25, -0.2) is 4.79 Å². The quantitative estimate of drug-likeness (QED) is 0.812. The van der Waals surface area contributed by atoms with Crippen molar-refractivity contribution in [2.75, 3.05) is 13.3 Å². The predicted molar refractivity (Wildman–Crippen MR) is 79.1 cm³/mol. The molecule has 2 aliphatic heterocycles. The lowest BCUT2D eigenvalue weighted by atomic mass is 9.99. The Balaban J connectivity index is 1.51. The number of hydrogen-bond acceptors (Lipinski definition) is 4. The van der Waals surface area contributed by atoms with Crippen LogP contribution in [0.4, 0.5) is 4.79 Å². The third-order valence-corrected chi connectivity index (χ3v) is 3.91. The number of hydrogen-bond donors (Lipinski definition) is 0. The highest BCUT2D eigenvalue weighted by Gasteiger charge is 2.25. The van der Waals surface area contributed by atoms with E-state index >= 15 is 0 Å². The number of amides is 1.